The van der Waals surface area contributed by atoms with Crippen molar-refractivity contribution in [3.05, 3.63) is 29.3 Å². The fraction of sp³-hybridized carbons (Fsp3) is 0.600. The van der Waals surface area contributed by atoms with E-state index in [1.54, 1.807) is 13.8 Å². The van der Waals surface area contributed by atoms with Crippen molar-refractivity contribution >= 4 is 0 Å². The monoisotopic (exact) mass is 251 g/mol. The smallest absolute Gasteiger partial charge is 0.126 e. The molecule has 18 heavy (non-hydrogen) atoms. The minimum absolute atomic E-state index is 0.304. The highest BCUT2D eigenvalue weighted by Crippen LogP contribution is 2.24. The van der Waals surface area contributed by atoms with Gasteiger partial charge in [-0.25, -0.2) is 0 Å². The molecule has 0 fully saturated rings. The normalized spacial score (nSPS) is 11.6. The second-order valence-corrected chi connectivity index (χ2v) is 5.34. The first kappa shape index (κ1) is 15.0. The molecular formula is C15H25NO2. The number of nitrogens with one attached hydrogen (secondary N) is 1. The molecule has 0 aliphatic rings. The van der Waals surface area contributed by atoms with Crippen LogP contribution in [0.5, 0.6) is 5.75 Å². The molecule has 0 aromatic heterocycles. The number of aliphatic hydroxyl groups is 1. The summed E-state index contributed by atoms with van der Waals surface area (Å²) in [5.41, 5.74) is 1.44. The number of aryl methyl sites for hydroxylation is 1. The molecule has 0 saturated heterocycles. The molecule has 0 heterocycles. The van der Waals surface area contributed by atoms with E-state index >= 15 is 0 Å². The predicted octanol–water partition coefficient (Wildman–Crippen LogP) is 2.64. The zero-order valence-corrected chi connectivity index (χ0v) is 11.9. The van der Waals surface area contributed by atoms with Gasteiger partial charge in [0.1, 0.15) is 12.4 Å². The van der Waals surface area contributed by atoms with Crippen molar-refractivity contribution < 1.29 is 9.84 Å². The zero-order chi connectivity index (χ0) is 13.6. The highest BCUT2D eigenvalue weighted by Gasteiger charge is 2.15. The zero-order valence-electron chi connectivity index (χ0n) is 11.9. The maximum absolute atomic E-state index is 9.73. The Kier molecular flexibility index (Phi) is 5.63. The minimum Gasteiger partial charge on any atom is -0.490 e. The summed E-state index contributed by atoms with van der Waals surface area (Å²) in [5, 5.41) is 13.1. The van der Waals surface area contributed by atoms with E-state index < -0.39 is 5.60 Å². The third-order valence-electron chi connectivity index (χ3n) is 2.61. The van der Waals surface area contributed by atoms with Crippen LogP contribution >= 0.6 is 0 Å². The van der Waals surface area contributed by atoms with Gasteiger partial charge >= 0.3 is 0 Å². The van der Waals surface area contributed by atoms with E-state index in [4.69, 9.17) is 4.74 Å². The van der Waals surface area contributed by atoms with Crippen LogP contribution < -0.4 is 10.1 Å². The topological polar surface area (TPSA) is 41.5 Å². The standard InChI is InChI=1S/C15H25NO2/c1-5-9-16-10-13-8-6-7-12(2)14(13)18-11-15(3,4)17/h6-8,16-17H,5,9-11H2,1-4H3. The van der Waals surface area contributed by atoms with E-state index in [1.807, 2.05) is 19.1 Å². The minimum atomic E-state index is -0.809. The highest BCUT2D eigenvalue weighted by molar-refractivity contribution is 5.40. The number of hydrogen-bond acceptors (Lipinski definition) is 3. The maximum atomic E-state index is 9.73. The fourth-order valence-electron chi connectivity index (χ4n) is 1.71. The van der Waals surface area contributed by atoms with Crippen LogP contribution in [0, 0.1) is 6.92 Å². The summed E-state index contributed by atoms with van der Waals surface area (Å²) in [4.78, 5) is 0. The first-order valence-electron chi connectivity index (χ1n) is 6.58. The van der Waals surface area contributed by atoms with Gasteiger partial charge in [-0.1, -0.05) is 25.1 Å². The molecular weight excluding hydrogens is 226 g/mol. The second-order valence-electron chi connectivity index (χ2n) is 5.34. The van der Waals surface area contributed by atoms with Gasteiger partial charge in [0.25, 0.3) is 0 Å². The molecule has 0 aliphatic carbocycles. The Morgan fingerprint density at radius 1 is 1.33 bits per heavy atom. The van der Waals surface area contributed by atoms with Crippen molar-refractivity contribution in [3.63, 3.8) is 0 Å². The van der Waals surface area contributed by atoms with Crippen LogP contribution in [0.4, 0.5) is 0 Å². The van der Waals surface area contributed by atoms with Gasteiger partial charge in [0.2, 0.25) is 0 Å². The number of hydrogen-bond donors (Lipinski definition) is 2. The molecule has 3 nitrogen and oxygen atoms in total. The summed E-state index contributed by atoms with van der Waals surface area (Å²) in [6.07, 6.45) is 1.12. The molecule has 2 N–H and O–H groups in total. The Morgan fingerprint density at radius 3 is 2.67 bits per heavy atom. The average molecular weight is 251 g/mol. The first-order valence-corrected chi connectivity index (χ1v) is 6.58. The summed E-state index contributed by atoms with van der Waals surface area (Å²) in [5.74, 6) is 0.892. The van der Waals surface area contributed by atoms with Gasteiger partial charge in [0, 0.05) is 12.1 Å². The van der Waals surface area contributed by atoms with Gasteiger partial charge in [-0.2, -0.15) is 0 Å². The van der Waals surface area contributed by atoms with Crippen LogP contribution in [0.1, 0.15) is 38.3 Å². The Bertz CT molecular complexity index is 369. The Morgan fingerprint density at radius 2 is 2.06 bits per heavy atom. The Labute approximate surface area is 110 Å². The maximum Gasteiger partial charge on any atom is 0.126 e. The quantitative estimate of drug-likeness (QED) is 0.732. The van der Waals surface area contributed by atoms with Crippen LogP contribution in [0.25, 0.3) is 0 Å². The lowest BCUT2D eigenvalue weighted by Crippen LogP contribution is -2.28. The van der Waals surface area contributed by atoms with E-state index in [-0.39, 0.29) is 0 Å². The summed E-state index contributed by atoms with van der Waals surface area (Å²) in [6.45, 7) is 9.78. The molecule has 0 spiro atoms. The lowest BCUT2D eigenvalue weighted by molar-refractivity contribution is 0.0279. The molecule has 0 saturated carbocycles. The summed E-state index contributed by atoms with van der Waals surface area (Å²) in [6, 6.07) is 6.13. The van der Waals surface area contributed by atoms with Crippen molar-refractivity contribution in [1.29, 1.82) is 0 Å². The van der Waals surface area contributed by atoms with Gasteiger partial charge < -0.3 is 15.2 Å². The molecule has 0 bridgehead atoms. The van der Waals surface area contributed by atoms with Gasteiger partial charge in [0.15, 0.2) is 0 Å². The van der Waals surface area contributed by atoms with Gasteiger partial charge in [-0.15, -0.1) is 0 Å². The summed E-state index contributed by atoms with van der Waals surface area (Å²) >= 11 is 0. The Balaban J connectivity index is 2.74. The van der Waals surface area contributed by atoms with Crippen LogP contribution in [0.2, 0.25) is 0 Å². The molecule has 0 unspecified atom stereocenters. The van der Waals surface area contributed by atoms with Gasteiger partial charge in [-0.05, 0) is 39.3 Å². The summed E-state index contributed by atoms with van der Waals surface area (Å²) in [7, 11) is 0. The average Bonchev–Trinajstić information content (AvgIpc) is 2.27. The number of benzene rings is 1. The SMILES string of the molecule is CCCNCc1cccc(C)c1OCC(C)(C)O. The molecule has 1 aromatic carbocycles. The number of para-hydroxylation sites is 1. The molecule has 0 radical (unpaired) electrons. The second kappa shape index (κ2) is 6.76. The largest absolute Gasteiger partial charge is 0.490 e. The fourth-order valence-corrected chi connectivity index (χ4v) is 1.71. The molecule has 0 aliphatic heterocycles. The van der Waals surface area contributed by atoms with Crippen molar-refractivity contribution in [3.8, 4) is 5.75 Å². The molecule has 102 valence electrons. The van der Waals surface area contributed by atoms with Crippen LogP contribution in [-0.2, 0) is 6.54 Å². The first-order chi connectivity index (χ1) is 8.44. The third-order valence-corrected chi connectivity index (χ3v) is 2.61. The lowest BCUT2D eigenvalue weighted by atomic mass is 10.1. The molecule has 0 amide bonds. The predicted molar refractivity (Wildman–Crippen MR) is 75.0 cm³/mol. The van der Waals surface area contributed by atoms with Crippen LogP contribution in [0.15, 0.2) is 18.2 Å². The third kappa shape index (κ3) is 5.07. The molecule has 0 atom stereocenters. The van der Waals surface area contributed by atoms with E-state index in [0.717, 1.165) is 36.4 Å². The van der Waals surface area contributed by atoms with E-state index in [2.05, 4.69) is 18.3 Å². The van der Waals surface area contributed by atoms with E-state index in [1.165, 1.54) is 0 Å². The van der Waals surface area contributed by atoms with Gasteiger partial charge in [-0.3, -0.25) is 0 Å². The van der Waals surface area contributed by atoms with Crippen molar-refractivity contribution in [2.45, 2.75) is 46.3 Å². The van der Waals surface area contributed by atoms with Crippen LogP contribution in [0.3, 0.4) is 0 Å². The number of ether oxygens (including phenoxy) is 1. The lowest BCUT2D eigenvalue weighted by Gasteiger charge is -2.21. The van der Waals surface area contributed by atoms with Crippen molar-refractivity contribution in [2.75, 3.05) is 13.2 Å². The van der Waals surface area contributed by atoms with E-state index in [9.17, 15) is 5.11 Å². The Hall–Kier alpha value is -1.06. The van der Waals surface area contributed by atoms with Crippen LogP contribution in [-0.4, -0.2) is 23.9 Å². The highest BCUT2D eigenvalue weighted by atomic mass is 16.5. The van der Waals surface area contributed by atoms with Crippen molar-refractivity contribution in [1.82, 2.24) is 5.32 Å². The van der Waals surface area contributed by atoms with E-state index in [0.29, 0.717) is 6.61 Å². The summed E-state index contributed by atoms with van der Waals surface area (Å²) < 4.78 is 5.77. The molecule has 1 rings (SSSR count). The van der Waals surface area contributed by atoms with Gasteiger partial charge in [0.05, 0.1) is 5.60 Å². The molecule has 3 heteroatoms. The number of rotatable bonds is 7. The van der Waals surface area contributed by atoms with Crippen molar-refractivity contribution in [2.24, 2.45) is 0 Å². The molecule has 1 aromatic rings.